The zero-order valence-electron chi connectivity index (χ0n) is 11.5. The van der Waals surface area contributed by atoms with Gasteiger partial charge in [0.1, 0.15) is 0 Å². The number of nitrogens with zero attached hydrogens (tertiary/aromatic N) is 3. The molecule has 0 bridgehead atoms. The molecule has 4 nitrogen and oxygen atoms in total. The Balaban J connectivity index is 1.57. The second-order valence-corrected chi connectivity index (χ2v) is 6.01. The molecule has 1 atom stereocenters. The first-order chi connectivity index (χ1) is 8.72. The van der Waals surface area contributed by atoms with Crippen LogP contribution in [0.5, 0.6) is 0 Å². The Labute approximate surface area is 109 Å². The van der Waals surface area contributed by atoms with E-state index in [0.29, 0.717) is 6.04 Å². The van der Waals surface area contributed by atoms with E-state index < -0.39 is 0 Å². The summed E-state index contributed by atoms with van der Waals surface area (Å²) >= 11 is 0. The largest absolute Gasteiger partial charge is 0.311 e. The van der Waals surface area contributed by atoms with E-state index in [4.69, 9.17) is 0 Å². The maximum Gasteiger partial charge on any atom is 0.0764 e. The molecular formula is C14H24N4. The number of nitrogens with one attached hydrogen (secondary N) is 1. The van der Waals surface area contributed by atoms with Crippen molar-refractivity contribution in [2.45, 2.75) is 45.3 Å². The van der Waals surface area contributed by atoms with E-state index in [0.717, 1.165) is 31.6 Å². The molecule has 1 saturated heterocycles. The first-order valence-corrected chi connectivity index (χ1v) is 7.22. The van der Waals surface area contributed by atoms with Gasteiger partial charge in [-0.15, -0.1) is 0 Å². The van der Waals surface area contributed by atoms with Gasteiger partial charge in [-0.3, -0.25) is 9.58 Å². The highest BCUT2D eigenvalue weighted by Crippen LogP contribution is 2.33. The van der Waals surface area contributed by atoms with Gasteiger partial charge in [0.15, 0.2) is 0 Å². The highest BCUT2D eigenvalue weighted by molar-refractivity contribution is 5.01. The fourth-order valence-corrected chi connectivity index (χ4v) is 2.78. The Morgan fingerprint density at radius 3 is 2.94 bits per heavy atom. The third-order valence-electron chi connectivity index (χ3n) is 4.06. The van der Waals surface area contributed by atoms with Crippen LogP contribution in [0.1, 0.15) is 38.4 Å². The fraction of sp³-hybridized carbons (Fsp3) is 0.786. The molecule has 1 aliphatic heterocycles. The Bertz CT molecular complexity index is 394. The van der Waals surface area contributed by atoms with Gasteiger partial charge < -0.3 is 5.32 Å². The van der Waals surface area contributed by atoms with Crippen LogP contribution < -0.4 is 5.32 Å². The lowest BCUT2D eigenvalue weighted by Crippen LogP contribution is -2.51. The van der Waals surface area contributed by atoms with Crippen molar-refractivity contribution in [3.8, 4) is 0 Å². The number of hydrogen-bond donors (Lipinski definition) is 1. The van der Waals surface area contributed by atoms with Crippen LogP contribution in [-0.4, -0.2) is 40.4 Å². The molecule has 1 aromatic rings. The molecule has 0 amide bonds. The van der Waals surface area contributed by atoms with Crippen LogP contribution in [-0.2, 0) is 6.54 Å². The van der Waals surface area contributed by atoms with E-state index in [1.165, 1.54) is 25.1 Å². The summed E-state index contributed by atoms with van der Waals surface area (Å²) in [6, 6.07) is 3.35. The molecule has 1 N–H and O–H groups in total. The third-order valence-corrected chi connectivity index (χ3v) is 4.06. The molecule has 2 heterocycles. The van der Waals surface area contributed by atoms with E-state index >= 15 is 0 Å². The molecule has 0 spiro atoms. The summed E-state index contributed by atoms with van der Waals surface area (Å²) in [6.07, 6.45) is 4.95. The van der Waals surface area contributed by atoms with Crippen LogP contribution in [0, 0.1) is 5.92 Å². The Morgan fingerprint density at radius 1 is 1.44 bits per heavy atom. The highest BCUT2D eigenvalue weighted by Gasteiger charge is 2.33. The first-order valence-electron chi connectivity index (χ1n) is 7.22. The van der Waals surface area contributed by atoms with Crippen molar-refractivity contribution in [1.82, 2.24) is 20.0 Å². The average Bonchev–Trinajstić information content (AvgIpc) is 3.10. The second-order valence-electron chi connectivity index (χ2n) is 6.01. The van der Waals surface area contributed by atoms with Crippen LogP contribution in [0.2, 0.25) is 0 Å². The molecule has 3 rings (SSSR count). The van der Waals surface area contributed by atoms with Gasteiger partial charge >= 0.3 is 0 Å². The van der Waals surface area contributed by atoms with Crippen molar-refractivity contribution < 1.29 is 0 Å². The van der Waals surface area contributed by atoms with E-state index in [1.807, 2.05) is 0 Å². The zero-order valence-corrected chi connectivity index (χ0v) is 11.5. The zero-order chi connectivity index (χ0) is 12.5. The minimum absolute atomic E-state index is 0.459. The van der Waals surface area contributed by atoms with Gasteiger partial charge in [0.2, 0.25) is 0 Å². The predicted octanol–water partition coefficient (Wildman–Crippen LogP) is 1.65. The van der Waals surface area contributed by atoms with Crippen LogP contribution in [0.3, 0.4) is 0 Å². The maximum absolute atomic E-state index is 4.64. The van der Waals surface area contributed by atoms with Crippen molar-refractivity contribution in [1.29, 1.82) is 0 Å². The molecule has 1 saturated carbocycles. The molecule has 1 unspecified atom stereocenters. The summed E-state index contributed by atoms with van der Waals surface area (Å²) in [4.78, 5) is 2.55. The van der Waals surface area contributed by atoms with Gasteiger partial charge in [0, 0.05) is 44.5 Å². The van der Waals surface area contributed by atoms with Crippen LogP contribution in [0.4, 0.5) is 0 Å². The topological polar surface area (TPSA) is 33.1 Å². The molecule has 2 aliphatic rings. The van der Waals surface area contributed by atoms with Crippen LogP contribution >= 0.6 is 0 Å². The second kappa shape index (κ2) is 5.02. The normalized spacial score (nSPS) is 25.8. The molecular weight excluding hydrogens is 224 g/mol. The molecule has 0 aromatic carbocycles. The van der Waals surface area contributed by atoms with E-state index in [1.54, 1.807) is 0 Å². The molecule has 0 radical (unpaired) electrons. The third kappa shape index (κ3) is 2.75. The van der Waals surface area contributed by atoms with E-state index in [-0.39, 0.29) is 0 Å². The van der Waals surface area contributed by atoms with Gasteiger partial charge in [-0.25, -0.2) is 0 Å². The summed E-state index contributed by atoms with van der Waals surface area (Å²) in [7, 11) is 0. The maximum atomic E-state index is 4.64. The van der Waals surface area contributed by atoms with Gasteiger partial charge in [0.25, 0.3) is 0 Å². The van der Waals surface area contributed by atoms with Gasteiger partial charge in [-0.1, -0.05) is 0 Å². The SMILES string of the molecule is CC(C)n1ccc(CN2CCNC(C3CC3)C2)n1. The Hall–Kier alpha value is -0.870. The number of rotatable bonds is 4. The van der Waals surface area contributed by atoms with Crippen molar-refractivity contribution in [2.24, 2.45) is 5.92 Å². The molecule has 1 aliphatic carbocycles. The van der Waals surface area contributed by atoms with E-state index in [9.17, 15) is 0 Å². The molecule has 2 fully saturated rings. The fourth-order valence-electron chi connectivity index (χ4n) is 2.78. The first kappa shape index (κ1) is 12.2. The van der Waals surface area contributed by atoms with Crippen molar-refractivity contribution >= 4 is 0 Å². The summed E-state index contributed by atoms with van der Waals surface area (Å²) < 4.78 is 2.05. The van der Waals surface area contributed by atoms with Crippen molar-refractivity contribution in [3.63, 3.8) is 0 Å². The minimum Gasteiger partial charge on any atom is -0.311 e. The average molecular weight is 248 g/mol. The summed E-state index contributed by atoms with van der Waals surface area (Å²) in [5, 5.41) is 8.30. The van der Waals surface area contributed by atoms with Crippen molar-refractivity contribution in [2.75, 3.05) is 19.6 Å². The standard InChI is InChI=1S/C14H24N4/c1-11(2)18-7-5-13(16-18)9-17-8-6-15-14(10-17)12-3-4-12/h5,7,11-12,14-15H,3-4,6,8-10H2,1-2H3. The Kier molecular flexibility index (Phi) is 3.39. The summed E-state index contributed by atoms with van der Waals surface area (Å²) in [5.41, 5.74) is 1.21. The van der Waals surface area contributed by atoms with Gasteiger partial charge in [-0.05, 0) is 38.7 Å². The lowest BCUT2D eigenvalue weighted by Gasteiger charge is -2.33. The number of aromatic nitrogens is 2. The lowest BCUT2D eigenvalue weighted by atomic mass is 10.1. The van der Waals surface area contributed by atoms with Crippen LogP contribution in [0.15, 0.2) is 12.3 Å². The molecule has 4 heteroatoms. The monoisotopic (exact) mass is 248 g/mol. The van der Waals surface area contributed by atoms with Gasteiger partial charge in [-0.2, -0.15) is 5.10 Å². The van der Waals surface area contributed by atoms with Crippen LogP contribution in [0.25, 0.3) is 0 Å². The quantitative estimate of drug-likeness (QED) is 0.879. The highest BCUT2D eigenvalue weighted by atomic mass is 15.3. The summed E-state index contributed by atoms with van der Waals surface area (Å²) in [6.45, 7) is 8.82. The molecule has 18 heavy (non-hydrogen) atoms. The van der Waals surface area contributed by atoms with Crippen molar-refractivity contribution in [3.05, 3.63) is 18.0 Å². The van der Waals surface area contributed by atoms with Gasteiger partial charge in [0.05, 0.1) is 5.69 Å². The molecule has 100 valence electrons. The smallest absolute Gasteiger partial charge is 0.0764 e. The molecule has 1 aromatic heterocycles. The Morgan fingerprint density at radius 2 is 2.28 bits per heavy atom. The summed E-state index contributed by atoms with van der Waals surface area (Å²) in [5.74, 6) is 0.945. The number of piperazine rings is 1. The number of hydrogen-bond acceptors (Lipinski definition) is 3. The predicted molar refractivity (Wildman–Crippen MR) is 72.4 cm³/mol. The minimum atomic E-state index is 0.459. The van der Waals surface area contributed by atoms with E-state index in [2.05, 4.69) is 46.1 Å². The lowest BCUT2D eigenvalue weighted by molar-refractivity contribution is 0.179.